The molecule has 0 aliphatic rings. The van der Waals surface area contributed by atoms with Crippen LogP contribution in [0.5, 0.6) is 0 Å². The molecule has 4 heavy (non-hydrogen) atoms. The van der Waals surface area contributed by atoms with Gasteiger partial charge in [0.05, 0.1) is 0 Å². The maximum absolute atomic E-state index is 2.75. The van der Waals surface area contributed by atoms with Crippen LogP contribution < -0.4 is 5.32 Å². The summed E-state index contributed by atoms with van der Waals surface area (Å²) in [7, 11) is 3.75. The molecule has 0 unspecified atom stereocenters. The Morgan fingerprint density at radius 2 is 1.25 bits per heavy atom. The molecule has 1 N–H and O–H groups in total. The molecular weight excluding hydrogens is 219 g/mol. The van der Waals surface area contributed by atoms with Gasteiger partial charge in [0, 0.05) is 22.4 Å². The third kappa shape index (κ3) is 15.9. The third-order valence-electron chi connectivity index (χ3n) is 0. The predicted octanol–water partition coefficient (Wildman–Crippen LogP) is -0.167. The van der Waals surface area contributed by atoms with Crippen molar-refractivity contribution in [2.45, 2.75) is 0 Å². The van der Waals surface area contributed by atoms with Crippen molar-refractivity contribution in [1.82, 2.24) is 5.32 Å². The summed E-state index contributed by atoms with van der Waals surface area (Å²) in [4.78, 5) is 0. The van der Waals surface area contributed by atoms with E-state index in [9.17, 15) is 0 Å². The van der Waals surface area contributed by atoms with E-state index in [1.807, 2.05) is 14.1 Å². The van der Waals surface area contributed by atoms with E-state index in [1.54, 1.807) is 0 Å². The monoisotopic (exact) mass is 226 g/mol. The molecule has 0 aromatic carbocycles. The Hall–Kier alpha value is 0.700. The van der Waals surface area contributed by atoms with E-state index in [4.69, 9.17) is 0 Å². The second-order valence-electron chi connectivity index (χ2n) is 0.500. The average Bonchev–Trinajstić information content (AvgIpc) is 0.918. The van der Waals surface area contributed by atoms with Gasteiger partial charge in [0.25, 0.3) is 0 Å². The molecule has 0 rings (SSSR count). The minimum absolute atomic E-state index is 0. The van der Waals surface area contributed by atoms with Crippen LogP contribution in [0.3, 0.4) is 0 Å². The average molecular weight is 226 g/mol. The first kappa shape index (κ1) is 8.83. The maximum atomic E-state index is 2.75. The molecule has 2 heteroatoms. The maximum Gasteiger partial charge on any atom is 0 e. The van der Waals surface area contributed by atoms with Crippen LogP contribution in [0, 0.1) is 0 Å². The second-order valence-corrected chi connectivity index (χ2v) is 0.500. The molecule has 0 amide bonds. The fourth-order valence-electron chi connectivity index (χ4n) is 0. The molecule has 0 aliphatic carbocycles. The van der Waals surface area contributed by atoms with Crippen LogP contribution in [0.2, 0.25) is 0 Å². The molecule has 0 atom stereocenters. The van der Waals surface area contributed by atoms with Crippen LogP contribution in [-0.2, 0) is 22.4 Å². The van der Waals surface area contributed by atoms with Crippen molar-refractivity contribution in [2.75, 3.05) is 14.1 Å². The normalized spacial score (nSPS) is 4.50. The first-order valence-electron chi connectivity index (χ1n) is 1.00. The van der Waals surface area contributed by atoms with Crippen LogP contribution in [0.4, 0.5) is 0 Å². The SMILES string of the molecule is CNC.[Ta]. The standard InChI is InChI=1S/C2H7N.Ta/c1-3-2;/h3H,1-2H3;. The van der Waals surface area contributed by atoms with Gasteiger partial charge in [-0.3, -0.25) is 0 Å². The van der Waals surface area contributed by atoms with Crippen molar-refractivity contribution in [3.8, 4) is 0 Å². The Morgan fingerprint density at radius 1 is 1.25 bits per heavy atom. The Balaban J connectivity index is 0. The Kier molecular flexibility index (Phi) is 20.6. The van der Waals surface area contributed by atoms with E-state index >= 15 is 0 Å². The number of hydrogen-bond acceptors (Lipinski definition) is 1. The van der Waals surface area contributed by atoms with Crippen LogP contribution in [0.15, 0.2) is 0 Å². The summed E-state index contributed by atoms with van der Waals surface area (Å²) in [6, 6.07) is 0. The zero-order valence-corrected chi connectivity index (χ0v) is 6.16. The second kappa shape index (κ2) is 9.33. The summed E-state index contributed by atoms with van der Waals surface area (Å²) in [6.45, 7) is 0. The van der Waals surface area contributed by atoms with Gasteiger partial charge in [0.2, 0.25) is 0 Å². The summed E-state index contributed by atoms with van der Waals surface area (Å²) in [5.74, 6) is 0. The molecule has 1 nitrogen and oxygen atoms in total. The fraction of sp³-hybridized carbons (Fsp3) is 1.00. The molecule has 1 radical (unpaired) electrons. The van der Waals surface area contributed by atoms with Crippen molar-refractivity contribution >= 4 is 0 Å². The van der Waals surface area contributed by atoms with Crippen LogP contribution in [0.25, 0.3) is 0 Å². The molecule has 0 aromatic rings. The predicted molar refractivity (Wildman–Crippen MR) is 15.0 cm³/mol. The molecule has 0 aromatic heterocycles. The van der Waals surface area contributed by atoms with Gasteiger partial charge in [0.1, 0.15) is 0 Å². The topological polar surface area (TPSA) is 12.0 Å². The molecule has 0 heterocycles. The summed E-state index contributed by atoms with van der Waals surface area (Å²) in [5.41, 5.74) is 0. The van der Waals surface area contributed by atoms with Gasteiger partial charge in [-0.05, 0) is 14.1 Å². The minimum Gasteiger partial charge on any atom is -0.323 e. The van der Waals surface area contributed by atoms with E-state index in [0.717, 1.165) is 0 Å². The summed E-state index contributed by atoms with van der Waals surface area (Å²) in [5, 5.41) is 2.75. The van der Waals surface area contributed by atoms with Gasteiger partial charge in [0.15, 0.2) is 0 Å². The number of rotatable bonds is 0. The molecule has 0 bridgehead atoms. The van der Waals surface area contributed by atoms with Gasteiger partial charge in [-0.15, -0.1) is 0 Å². The van der Waals surface area contributed by atoms with Crippen molar-refractivity contribution in [3.63, 3.8) is 0 Å². The first-order valence-corrected chi connectivity index (χ1v) is 1.00. The van der Waals surface area contributed by atoms with Crippen molar-refractivity contribution in [1.29, 1.82) is 0 Å². The first-order chi connectivity index (χ1) is 1.41. The van der Waals surface area contributed by atoms with Crippen LogP contribution in [0.1, 0.15) is 0 Å². The molecule has 0 saturated carbocycles. The zero-order chi connectivity index (χ0) is 2.71. The van der Waals surface area contributed by atoms with Gasteiger partial charge in [-0.1, -0.05) is 0 Å². The molecule has 25 valence electrons. The molecule has 0 spiro atoms. The molecule has 0 saturated heterocycles. The number of nitrogens with one attached hydrogen (secondary N) is 1. The third-order valence-corrected chi connectivity index (χ3v) is 0. The van der Waals surface area contributed by atoms with Crippen molar-refractivity contribution in [2.24, 2.45) is 0 Å². The van der Waals surface area contributed by atoms with E-state index in [2.05, 4.69) is 5.32 Å². The summed E-state index contributed by atoms with van der Waals surface area (Å²) in [6.07, 6.45) is 0. The van der Waals surface area contributed by atoms with E-state index in [0.29, 0.717) is 0 Å². The quantitative estimate of drug-likeness (QED) is 0.604. The Morgan fingerprint density at radius 3 is 1.25 bits per heavy atom. The summed E-state index contributed by atoms with van der Waals surface area (Å²) >= 11 is 0. The van der Waals surface area contributed by atoms with Gasteiger partial charge >= 0.3 is 0 Å². The fourth-order valence-corrected chi connectivity index (χ4v) is 0. The minimum atomic E-state index is 0. The molecule has 0 aliphatic heterocycles. The van der Waals surface area contributed by atoms with E-state index in [-0.39, 0.29) is 22.4 Å². The Labute approximate surface area is 42.3 Å². The van der Waals surface area contributed by atoms with E-state index < -0.39 is 0 Å². The van der Waals surface area contributed by atoms with Crippen molar-refractivity contribution < 1.29 is 22.4 Å². The molecule has 0 fully saturated rings. The van der Waals surface area contributed by atoms with E-state index in [1.165, 1.54) is 0 Å². The number of hydrogen-bond donors (Lipinski definition) is 1. The van der Waals surface area contributed by atoms with Gasteiger partial charge < -0.3 is 5.32 Å². The zero-order valence-electron chi connectivity index (χ0n) is 2.95. The van der Waals surface area contributed by atoms with Crippen LogP contribution >= 0.6 is 0 Å². The summed E-state index contributed by atoms with van der Waals surface area (Å²) < 4.78 is 0. The largest absolute Gasteiger partial charge is 0.323 e. The van der Waals surface area contributed by atoms with Gasteiger partial charge in [-0.2, -0.15) is 0 Å². The molecular formula is C2H7NTa. The smallest absolute Gasteiger partial charge is 0 e. The van der Waals surface area contributed by atoms with Crippen LogP contribution in [-0.4, -0.2) is 14.1 Å². The Bertz CT molecular complexity index is 6.00. The van der Waals surface area contributed by atoms with Gasteiger partial charge in [-0.25, -0.2) is 0 Å². The van der Waals surface area contributed by atoms with Crippen molar-refractivity contribution in [3.05, 3.63) is 0 Å².